The first-order valence-corrected chi connectivity index (χ1v) is 9.18. The normalized spacial score (nSPS) is 13.3. The van der Waals surface area contributed by atoms with Gasteiger partial charge in [0.2, 0.25) is 11.8 Å². The van der Waals surface area contributed by atoms with E-state index < -0.39 is 15.3 Å². The molecule has 0 radical (unpaired) electrons. The van der Waals surface area contributed by atoms with Crippen LogP contribution in [0, 0.1) is 5.41 Å². The second-order valence-electron chi connectivity index (χ2n) is 6.56. The van der Waals surface area contributed by atoms with Crippen molar-refractivity contribution in [2.24, 2.45) is 5.41 Å². The summed E-state index contributed by atoms with van der Waals surface area (Å²) in [5.74, 6) is -0.500. The molecule has 0 saturated carbocycles. The van der Waals surface area contributed by atoms with Gasteiger partial charge in [-0.05, 0) is 24.6 Å². The monoisotopic (exact) mass is 340 g/mol. The molecule has 128 valence electrons. The van der Waals surface area contributed by atoms with Crippen LogP contribution in [0.3, 0.4) is 0 Å². The Morgan fingerprint density at radius 3 is 2.09 bits per heavy atom. The maximum Gasteiger partial charge on any atom is 0.239 e. The Balaban J connectivity index is 2.60. The molecular formula is C16H24N2O4S. The van der Waals surface area contributed by atoms with Crippen molar-refractivity contribution in [3.8, 4) is 0 Å². The van der Waals surface area contributed by atoms with E-state index >= 15 is 0 Å². The van der Waals surface area contributed by atoms with Gasteiger partial charge >= 0.3 is 0 Å². The van der Waals surface area contributed by atoms with Gasteiger partial charge in [-0.3, -0.25) is 9.59 Å². The fourth-order valence-corrected chi connectivity index (χ4v) is 2.44. The van der Waals surface area contributed by atoms with Gasteiger partial charge in [-0.1, -0.05) is 32.9 Å². The van der Waals surface area contributed by atoms with E-state index in [9.17, 15) is 18.0 Å². The molecule has 0 aromatic heterocycles. The summed E-state index contributed by atoms with van der Waals surface area (Å²) in [7, 11) is -3.24. The largest absolute Gasteiger partial charge is 0.348 e. The number of nitrogens with one attached hydrogen (secondary N) is 2. The second kappa shape index (κ2) is 7.12. The van der Waals surface area contributed by atoms with Crippen molar-refractivity contribution < 1.29 is 18.0 Å². The Bertz CT molecular complexity index is 673. The fraction of sp³-hybridized carbons (Fsp3) is 0.500. The predicted octanol–water partition coefficient (Wildman–Crippen LogP) is 1.43. The highest BCUT2D eigenvalue weighted by Crippen LogP contribution is 2.16. The number of carbonyl (C=O) groups excluding carboxylic acids is 2. The molecule has 1 unspecified atom stereocenters. The summed E-state index contributed by atoms with van der Waals surface area (Å²) < 4.78 is 22.8. The van der Waals surface area contributed by atoms with Crippen molar-refractivity contribution in [1.29, 1.82) is 0 Å². The molecule has 2 N–H and O–H groups in total. The predicted molar refractivity (Wildman–Crippen MR) is 88.6 cm³/mol. The summed E-state index contributed by atoms with van der Waals surface area (Å²) >= 11 is 0. The van der Waals surface area contributed by atoms with Gasteiger partial charge in [0.1, 0.15) is 0 Å². The molecule has 23 heavy (non-hydrogen) atoms. The van der Waals surface area contributed by atoms with Crippen LogP contribution in [0.4, 0.5) is 0 Å². The molecule has 0 fully saturated rings. The molecule has 0 heterocycles. The number of hydrogen-bond acceptors (Lipinski definition) is 4. The molecule has 1 aromatic rings. The van der Waals surface area contributed by atoms with Crippen LogP contribution in [-0.4, -0.2) is 33.0 Å². The van der Waals surface area contributed by atoms with Gasteiger partial charge in [-0.15, -0.1) is 0 Å². The minimum atomic E-state index is -3.24. The Labute approximate surface area is 137 Å². The summed E-state index contributed by atoms with van der Waals surface area (Å²) in [6.45, 7) is 7.01. The van der Waals surface area contributed by atoms with Gasteiger partial charge in [-0.2, -0.15) is 0 Å². The Morgan fingerprint density at radius 2 is 1.65 bits per heavy atom. The van der Waals surface area contributed by atoms with E-state index in [1.807, 2.05) is 0 Å². The van der Waals surface area contributed by atoms with Gasteiger partial charge < -0.3 is 10.6 Å². The van der Waals surface area contributed by atoms with Crippen molar-refractivity contribution in [3.63, 3.8) is 0 Å². The first-order chi connectivity index (χ1) is 10.4. The van der Waals surface area contributed by atoms with E-state index in [4.69, 9.17) is 0 Å². The lowest BCUT2D eigenvalue weighted by Crippen LogP contribution is -2.42. The molecule has 7 heteroatoms. The zero-order chi connectivity index (χ0) is 17.8. The van der Waals surface area contributed by atoms with Crippen molar-refractivity contribution in [1.82, 2.24) is 10.6 Å². The average Bonchev–Trinajstić information content (AvgIpc) is 2.42. The number of amides is 2. The first kappa shape index (κ1) is 19.2. The summed E-state index contributed by atoms with van der Waals surface area (Å²) in [4.78, 5) is 23.8. The van der Waals surface area contributed by atoms with Gasteiger partial charge in [0.15, 0.2) is 9.84 Å². The summed E-state index contributed by atoms with van der Waals surface area (Å²) in [6, 6.07) is 6.05. The molecule has 1 rings (SSSR count). The minimum Gasteiger partial charge on any atom is -0.348 e. The Hall–Kier alpha value is -1.89. The third kappa shape index (κ3) is 6.02. The quantitative estimate of drug-likeness (QED) is 0.848. The topological polar surface area (TPSA) is 92.3 Å². The SMILES string of the molecule is CC(NC(=O)CNC(=O)C(C)(C)C)c1ccc(S(C)(=O)=O)cc1. The molecule has 0 spiro atoms. The van der Waals surface area contributed by atoms with Crippen LogP contribution in [0.5, 0.6) is 0 Å². The second-order valence-corrected chi connectivity index (χ2v) is 8.58. The third-order valence-corrected chi connectivity index (χ3v) is 4.40. The van der Waals surface area contributed by atoms with Crippen molar-refractivity contribution in [2.45, 2.75) is 38.6 Å². The van der Waals surface area contributed by atoms with E-state index in [2.05, 4.69) is 10.6 Å². The number of benzene rings is 1. The van der Waals surface area contributed by atoms with E-state index in [0.717, 1.165) is 11.8 Å². The standard InChI is InChI=1S/C16H24N2O4S/c1-11(12-6-8-13(9-7-12)23(5,21)22)18-14(19)10-17-15(20)16(2,3)4/h6-9,11H,10H2,1-5H3,(H,17,20)(H,18,19). The summed E-state index contributed by atoms with van der Waals surface area (Å²) in [5, 5.41) is 5.34. The number of rotatable bonds is 5. The maximum absolute atomic E-state index is 11.9. The van der Waals surface area contributed by atoms with Gasteiger partial charge in [0.25, 0.3) is 0 Å². The van der Waals surface area contributed by atoms with Crippen molar-refractivity contribution >= 4 is 21.7 Å². The molecule has 0 saturated heterocycles. The molecule has 0 aliphatic rings. The van der Waals surface area contributed by atoms with Crippen LogP contribution in [0.2, 0.25) is 0 Å². The highest BCUT2D eigenvalue weighted by atomic mass is 32.2. The first-order valence-electron chi connectivity index (χ1n) is 7.29. The molecule has 2 amide bonds. The molecule has 1 aromatic carbocycles. The van der Waals surface area contributed by atoms with Crippen LogP contribution in [0.15, 0.2) is 29.2 Å². The average molecular weight is 340 g/mol. The van der Waals surface area contributed by atoms with Crippen LogP contribution in [0.25, 0.3) is 0 Å². The van der Waals surface area contributed by atoms with Gasteiger partial charge in [0, 0.05) is 11.7 Å². The molecule has 6 nitrogen and oxygen atoms in total. The van der Waals surface area contributed by atoms with Crippen molar-refractivity contribution in [3.05, 3.63) is 29.8 Å². The van der Waals surface area contributed by atoms with E-state index in [1.165, 1.54) is 12.1 Å². The van der Waals surface area contributed by atoms with E-state index in [-0.39, 0.29) is 29.3 Å². The zero-order valence-corrected chi connectivity index (χ0v) is 15.0. The van der Waals surface area contributed by atoms with Gasteiger partial charge in [-0.25, -0.2) is 8.42 Å². The maximum atomic E-state index is 11.9. The van der Waals surface area contributed by atoms with Crippen LogP contribution < -0.4 is 10.6 Å². The van der Waals surface area contributed by atoms with E-state index in [1.54, 1.807) is 39.8 Å². The van der Waals surface area contributed by atoms with Crippen LogP contribution >= 0.6 is 0 Å². The molecule has 0 aliphatic heterocycles. The lowest BCUT2D eigenvalue weighted by molar-refractivity contribution is -0.131. The Kier molecular flexibility index (Phi) is 5.93. The van der Waals surface area contributed by atoms with E-state index in [0.29, 0.717) is 0 Å². The Morgan fingerprint density at radius 1 is 1.13 bits per heavy atom. The zero-order valence-electron chi connectivity index (χ0n) is 14.1. The molecule has 0 aliphatic carbocycles. The molecule has 0 bridgehead atoms. The van der Waals surface area contributed by atoms with Gasteiger partial charge in [0.05, 0.1) is 17.5 Å². The highest BCUT2D eigenvalue weighted by Gasteiger charge is 2.21. The van der Waals surface area contributed by atoms with Crippen LogP contribution in [0.1, 0.15) is 39.3 Å². The summed E-state index contributed by atoms with van der Waals surface area (Å²) in [5.41, 5.74) is 0.237. The number of carbonyl (C=O) groups is 2. The summed E-state index contributed by atoms with van der Waals surface area (Å²) in [6.07, 6.45) is 1.14. The molecule has 1 atom stereocenters. The third-order valence-electron chi connectivity index (χ3n) is 3.28. The number of hydrogen-bond donors (Lipinski definition) is 2. The fourth-order valence-electron chi connectivity index (χ4n) is 1.81. The number of sulfone groups is 1. The molecular weight excluding hydrogens is 316 g/mol. The lowest BCUT2D eigenvalue weighted by atomic mass is 9.96. The minimum absolute atomic E-state index is 0.0954. The van der Waals surface area contributed by atoms with Crippen molar-refractivity contribution in [2.75, 3.05) is 12.8 Å². The van der Waals surface area contributed by atoms with Crippen LogP contribution in [-0.2, 0) is 19.4 Å². The smallest absolute Gasteiger partial charge is 0.239 e. The lowest BCUT2D eigenvalue weighted by Gasteiger charge is -2.19. The highest BCUT2D eigenvalue weighted by molar-refractivity contribution is 7.90.